The number of nitrogens with one attached hydrogen (secondary N) is 1. The maximum absolute atomic E-state index is 11.1. The molecule has 1 N–H and O–H groups in total. The van der Waals surface area contributed by atoms with E-state index >= 15 is 0 Å². The standard InChI is InChI=1S/C17H16N2O2S/c1-11-9-13(7-8-14(11)18-12(2)20)22-10-17-19-15-5-3-4-6-16(15)21-17/h3-9H,10H2,1-2H3,(H,18,20). The number of anilines is 1. The van der Waals surface area contributed by atoms with Gasteiger partial charge in [-0.2, -0.15) is 0 Å². The molecule has 0 spiro atoms. The van der Waals surface area contributed by atoms with Crippen molar-refractivity contribution in [1.82, 2.24) is 4.98 Å². The average molecular weight is 312 g/mol. The fourth-order valence-electron chi connectivity index (χ4n) is 2.18. The van der Waals surface area contributed by atoms with E-state index in [0.29, 0.717) is 5.75 Å². The van der Waals surface area contributed by atoms with Crippen LogP contribution in [0.5, 0.6) is 0 Å². The van der Waals surface area contributed by atoms with Crippen LogP contribution in [0.3, 0.4) is 0 Å². The van der Waals surface area contributed by atoms with Crippen LogP contribution in [0, 0.1) is 6.92 Å². The number of aromatic nitrogens is 1. The Labute approximate surface area is 132 Å². The molecule has 112 valence electrons. The first kappa shape index (κ1) is 14.7. The minimum absolute atomic E-state index is 0.0602. The predicted molar refractivity (Wildman–Crippen MR) is 89.1 cm³/mol. The van der Waals surface area contributed by atoms with E-state index in [1.165, 1.54) is 6.92 Å². The summed E-state index contributed by atoms with van der Waals surface area (Å²) in [6, 6.07) is 13.7. The molecule has 0 aliphatic rings. The third kappa shape index (κ3) is 3.31. The van der Waals surface area contributed by atoms with Gasteiger partial charge in [-0.15, -0.1) is 11.8 Å². The summed E-state index contributed by atoms with van der Waals surface area (Å²) in [6.07, 6.45) is 0. The summed E-state index contributed by atoms with van der Waals surface area (Å²) in [5.74, 6) is 1.33. The van der Waals surface area contributed by atoms with Gasteiger partial charge in [-0.1, -0.05) is 12.1 Å². The summed E-state index contributed by atoms with van der Waals surface area (Å²) >= 11 is 1.66. The summed E-state index contributed by atoms with van der Waals surface area (Å²) in [6.45, 7) is 3.49. The van der Waals surface area contributed by atoms with Gasteiger partial charge in [0.2, 0.25) is 11.8 Å². The number of benzene rings is 2. The van der Waals surface area contributed by atoms with Gasteiger partial charge >= 0.3 is 0 Å². The average Bonchev–Trinajstić information content (AvgIpc) is 2.90. The van der Waals surface area contributed by atoms with Crippen molar-refractivity contribution in [1.29, 1.82) is 0 Å². The van der Waals surface area contributed by atoms with Gasteiger partial charge in [0.05, 0.1) is 5.75 Å². The van der Waals surface area contributed by atoms with Gasteiger partial charge in [0.25, 0.3) is 0 Å². The van der Waals surface area contributed by atoms with Crippen LogP contribution in [0.15, 0.2) is 51.8 Å². The van der Waals surface area contributed by atoms with Gasteiger partial charge < -0.3 is 9.73 Å². The van der Waals surface area contributed by atoms with E-state index in [2.05, 4.69) is 16.4 Å². The first-order chi connectivity index (χ1) is 10.6. The van der Waals surface area contributed by atoms with E-state index in [-0.39, 0.29) is 5.91 Å². The fourth-order valence-corrected chi connectivity index (χ4v) is 3.02. The van der Waals surface area contributed by atoms with Crippen molar-refractivity contribution in [2.75, 3.05) is 5.32 Å². The first-order valence-electron chi connectivity index (χ1n) is 6.97. The van der Waals surface area contributed by atoms with E-state index in [0.717, 1.165) is 33.1 Å². The second-order valence-corrected chi connectivity index (χ2v) is 6.07. The highest BCUT2D eigenvalue weighted by atomic mass is 32.2. The Bertz CT molecular complexity index is 793. The molecule has 0 unspecified atom stereocenters. The summed E-state index contributed by atoms with van der Waals surface area (Å²) < 4.78 is 5.71. The molecule has 3 aromatic rings. The van der Waals surface area contributed by atoms with E-state index in [4.69, 9.17) is 4.42 Å². The molecule has 4 nitrogen and oxygen atoms in total. The fraction of sp³-hybridized carbons (Fsp3) is 0.176. The van der Waals surface area contributed by atoms with Gasteiger partial charge in [-0.05, 0) is 42.8 Å². The Morgan fingerprint density at radius 1 is 1.27 bits per heavy atom. The van der Waals surface area contributed by atoms with E-state index in [1.807, 2.05) is 43.3 Å². The molecule has 22 heavy (non-hydrogen) atoms. The van der Waals surface area contributed by atoms with Crippen LogP contribution in [-0.4, -0.2) is 10.9 Å². The number of rotatable bonds is 4. The smallest absolute Gasteiger partial charge is 0.221 e. The molecule has 0 atom stereocenters. The Morgan fingerprint density at radius 2 is 2.09 bits per heavy atom. The number of carbonyl (C=O) groups is 1. The van der Waals surface area contributed by atoms with Crippen molar-refractivity contribution in [3.05, 3.63) is 53.9 Å². The molecule has 0 radical (unpaired) electrons. The van der Waals surface area contributed by atoms with Gasteiger partial charge in [-0.25, -0.2) is 4.98 Å². The van der Waals surface area contributed by atoms with Gasteiger partial charge in [0.1, 0.15) is 5.52 Å². The third-order valence-electron chi connectivity index (χ3n) is 3.21. The SMILES string of the molecule is CC(=O)Nc1ccc(SCc2nc3ccccc3o2)cc1C. The number of hydrogen-bond acceptors (Lipinski definition) is 4. The van der Waals surface area contributed by atoms with E-state index in [1.54, 1.807) is 11.8 Å². The van der Waals surface area contributed by atoms with Crippen LogP contribution in [0.4, 0.5) is 5.69 Å². The van der Waals surface area contributed by atoms with Crippen molar-refractivity contribution >= 4 is 34.5 Å². The Kier molecular flexibility index (Phi) is 4.15. The molecule has 1 aromatic heterocycles. The molecule has 0 fully saturated rings. The first-order valence-corrected chi connectivity index (χ1v) is 7.96. The summed E-state index contributed by atoms with van der Waals surface area (Å²) in [5.41, 5.74) is 3.59. The number of para-hydroxylation sites is 2. The highest BCUT2D eigenvalue weighted by Gasteiger charge is 2.07. The largest absolute Gasteiger partial charge is 0.440 e. The number of fused-ring (bicyclic) bond motifs is 1. The number of hydrogen-bond donors (Lipinski definition) is 1. The second kappa shape index (κ2) is 6.23. The molecule has 0 aliphatic heterocycles. The van der Waals surface area contributed by atoms with E-state index < -0.39 is 0 Å². The second-order valence-electron chi connectivity index (χ2n) is 5.02. The number of thioether (sulfide) groups is 1. The zero-order chi connectivity index (χ0) is 15.5. The minimum Gasteiger partial charge on any atom is -0.440 e. The van der Waals surface area contributed by atoms with Crippen molar-refractivity contribution in [2.24, 2.45) is 0 Å². The van der Waals surface area contributed by atoms with Crippen molar-refractivity contribution in [2.45, 2.75) is 24.5 Å². The number of aryl methyl sites for hydroxylation is 1. The molecule has 0 aliphatic carbocycles. The summed E-state index contributed by atoms with van der Waals surface area (Å²) in [7, 11) is 0. The van der Waals surface area contributed by atoms with Crippen LogP contribution in [0.25, 0.3) is 11.1 Å². The molecule has 3 rings (SSSR count). The van der Waals surface area contributed by atoms with Crippen molar-refractivity contribution in [3.8, 4) is 0 Å². The number of carbonyl (C=O) groups excluding carboxylic acids is 1. The van der Waals surface area contributed by atoms with Crippen molar-refractivity contribution < 1.29 is 9.21 Å². The van der Waals surface area contributed by atoms with Crippen LogP contribution >= 0.6 is 11.8 Å². The van der Waals surface area contributed by atoms with Gasteiger partial charge in [0.15, 0.2) is 5.58 Å². The summed E-state index contributed by atoms with van der Waals surface area (Å²) in [4.78, 5) is 16.7. The highest BCUT2D eigenvalue weighted by Crippen LogP contribution is 2.27. The van der Waals surface area contributed by atoms with Gasteiger partial charge in [-0.3, -0.25) is 4.79 Å². The molecule has 1 amide bonds. The monoisotopic (exact) mass is 312 g/mol. The minimum atomic E-state index is -0.0602. The van der Waals surface area contributed by atoms with E-state index in [9.17, 15) is 4.79 Å². The molecular formula is C17H16N2O2S. The summed E-state index contributed by atoms with van der Waals surface area (Å²) in [5, 5.41) is 2.81. The number of nitrogens with zero attached hydrogens (tertiary/aromatic N) is 1. The normalized spacial score (nSPS) is 10.8. The topological polar surface area (TPSA) is 55.1 Å². The van der Waals surface area contributed by atoms with Crippen LogP contribution in [0.1, 0.15) is 18.4 Å². The Hall–Kier alpha value is -2.27. The quantitative estimate of drug-likeness (QED) is 0.726. The highest BCUT2D eigenvalue weighted by molar-refractivity contribution is 7.98. The lowest BCUT2D eigenvalue weighted by molar-refractivity contribution is -0.114. The molecule has 2 aromatic carbocycles. The van der Waals surface area contributed by atoms with Crippen LogP contribution in [-0.2, 0) is 10.5 Å². The Morgan fingerprint density at radius 3 is 2.82 bits per heavy atom. The molecule has 1 heterocycles. The van der Waals surface area contributed by atoms with Gasteiger partial charge in [0, 0.05) is 17.5 Å². The Balaban J connectivity index is 1.70. The van der Waals surface area contributed by atoms with Crippen LogP contribution < -0.4 is 5.32 Å². The third-order valence-corrected chi connectivity index (χ3v) is 4.19. The lowest BCUT2D eigenvalue weighted by Crippen LogP contribution is -2.06. The lowest BCUT2D eigenvalue weighted by Gasteiger charge is -2.08. The number of amides is 1. The maximum atomic E-state index is 11.1. The molecule has 5 heteroatoms. The van der Waals surface area contributed by atoms with Crippen molar-refractivity contribution in [3.63, 3.8) is 0 Å². The predicted octanol–water partition coefficient (Wildman–Crippen LogP) is 4.39. The zero-order valence-corrected chi connectivity index (χ0v) is 13.2. The molecule has 0 bridgehead atoms. The van der Waals surface area contributed by atoms with Crippen LogP contribution in [0.2, 0.25) is 0 Å². The molecule has 0 saturated carbocycles. The molecular weight excluding hydrogens is 296 g/mol. The lowest BCUT2D eigenvalue weighted by atomic mass is 10.2. The number of oxazole rings is 1. The molecule has 0 saturated heterocycles. The maximum Gasteiger partial charge on any atom is 0.221 e. The zero-order valence-electron chi connectivity index (χ0n) is 12.4.